The molecule has 2 unspecified atom stereocenters. The van der Waals surface area contributed by atoms with E-state index in [0.29, 0.717) is 16.7 Å². The number of oxime groups is 1. The van der Waals surface area contributed by atoms with Crippen LogP contribution in [0.4, 0.5) is 13.2 Å². The summed E-state index contributed by atoms with van der Waals surface area (Å²) in [6.45, 7) is 0. The Morgan fingerprint density at radius 2 is 1.58 bits per heavy atom. The summed E-state index contributed by atoms with van der Waals surface area (Å²) < 4.78 is 38.1. The maximum Gasteiger partial charge on any atom is 0.458 e. The number of aliphatic hydroxyl groups is 2. The van der Waals surface area contributed by atoms with Gasteiger partial charge in [0.05, 0.1) is 12.1 Å². The first-order valence-electron chi connectivity index (χ1n) is 7.18. The van der Waals surface area contributed by atoms with Crippen molar-refractivity contribution in [1.82, 2.24) is 0 Å². The molecule has 0 aromatic heterocycles. The first-order chi connectivity index (χ1) is 11.3. The van der Waals surface area contributed by atoms with E-state index >= 15 is 0 Å². The average Bonchev–Trinajstić information content (AvgIpc) is 2.99. The van der Waals surface area contributed by atoms with Gasteiger partial charge in [0, 0.05) is 0 Å². The van der Waals surface area contributed by atoms with Crippen LogP contribution < -0.4 is 0 Å². The largest absolute Gasteiger partial charge is 0.458 e. The molecule has 0 saturated heterocycles. The Morgan fingerprint density at radius 1 is 1.00 bits per heavy atom. The van der Waals surface area contributed by atoms with Gasteiger partial charge in [-0.1, -0.05) is 59.8 Å². The maximum absolute atomic E-state index is 12.7. The first kappa shape index (κ1) is 16.5. The van der Waals surface area contributed by atoms with E-state index < -0.39 is 24.5 Å². The monoisotopic (exact) mass is 337 g/mol. The van der Waals surface area contributed by atoms with Gasteiger partial charge in [-0.2, -0.15) is 13.2 Å². The topological polar surface area (TPSA) is 62.1 Å². The Hall–Kier alpha value is -2.38. The molecule has 7 heteroatoms. The highest BCUT2D eigenvalue weighted by molar-refractivity contribution is 6.01. The van der Waals surface area contributed by atoms with Crippen LogP contribution in [0.3, 0.4) is 0 Å². The number of aliphatic hydroxyl groups excluding tert-OH is 1. The summed E-state index contributed by atoms with van der Waals surface area (Å²) in [6.07, 6.45) is -6.55. The number of hydrogen-bond acceptors (Lipinski definition) is 4. The molecule has 2 N–H and O–H groups in total. The Bertz CT molecular complexity index is 744. The second-order valence-corrected chi connectivity index (χ2v) is 5.52. The summed E-state index contributed by atoms with van der Waals surface area (Å²) in [5.41, 5.74) is 1.68. The summed E-state index contributed by atoms with van der Waals surface area (Å²) >= 11 is 0. The highest BCUT2D eigenvalue weighted by atomic mass is 19.4. The van der Waals surface area contributed by atoms with E-state index in [1.54, 1.807) is 36.4 Å². The van der Waals surface area contributed by atoms with Crippen LogP contribution in [0.25, 0.3) is 0 Å². The standard InChI is InChI=1S/C17H14F3NO3/c18-17(19,20)16(23)10-14(21-24-16)11-6-8-13(9-7-11)15(22)12-4-2-1-3-5-12/h1-9,15,22-23H,10H2. The zero-order valence-electron chi connectivity index (χ0n) is 12.4. The number of nitrogens with zero attached hydrogens (tertiary/aromatic N) is 1. The number of rotatable bonds is 3. The number of hydrogen-bond donors (Lipinski definition) is 2. The third kappa shape index (κ3) is 3.00. The maximum atomic E-state index is 12.7. The van der Waals surface area contributed by atoms with E-state index in [2.05, 4.69) is 9.99 Å². The van der Waals surface area contributed by atoms with Crippen LogP contribution in [0.2, 0.25) is 0 Å². The minimum absolute atomic E-state index is 0.00410. The molecule has 0 bridgehead atoms. The smallest absolute Gasteiger partial charge is 0.384 e. The van der Waals surface area contributed by atoms with Crippen LogP contribution in [0.15, 0.2) is 59.8 Å². The molecule has 1 aliphatic rings. The van der Waals surface area contributed by atoms with Crippen LogP contribution in [0, 0.1) is 0 Å². The van der Waals surface area contributed by atoms with Crippen LogP contribution in [0.1, 0.15) is 29.2 Å². The molecule has 0 radical (unpaired) electrons. The predicted molar refractivity (Wildman–Crippen MR) is 80.2 cm³/mol. The lowest BCUT2D eigenvalue weighted by Crippen LogP contribution is -2.45. The molecule has 0 amide bonds. The molecule has 0 spiro atoms. The number of alkyl halides is 3. The SMILES string of the molecule is OC(c1ccccc1)c1ccc(C2=NOC(O)(C(F)(F)F)C2)cc1. The van der Waals surface area contributed by atoms with Gasteiger partial charge in [0.2, 0.25) is 0 Å². The van der Waals surface area contributed by atoms with E-state index in [1.807, 2.05) is 6.07 Å². The second kappa shape index (κ2) is 5.92. The second-order valence-electron chi connectivity index (χ2n) is 5.52. The summed E-state index contributed by atoms with van der Waals surface area (Å²) in [5, 5.41) is 23.1. The van der Waals surface area contributed by atoms with Crippen LogP contribution >= 0.6 is 0 Å². The fourth-order valence-electron chi connectivity index (χ4n) is 2.41. The van der Waals surface area contributed by atoms with E-state index in [1.165, 1.54) is 12.1 Å². The molecule has 3 rings (SSSR count). The lowest BCUT2D eigenvalue weighted by atomic mass is 9.97. The van der Waals surface area contributed by atoms with Crippen molar-refractivity contribution in [2.24, 2.45) is 5.16 Å². The Kier molecular flexibility index (Phi) is 4.06. The van der Waals surface area contributed by atoms with Gasteiger partial charge in [-0.05, 0) is 16.7 Å². The summed E-state index contributed by atoms with van der Waals surface area (Å²) in [4.78, 5) is 4.19. The minimum Gasteiger partial charge on any atom is -0.384 e. The van der Waals surface area contributed by atoms with Crippen molar-refractivity contribution in [2.45, 2.75) is 24.5 Å². The molecule has 0 saturated carbocycles. The van der Waals surface area contributed by atoms with Crippen LogP contribution in [0.5, 0.6) is 0 Å². The summed E-state index contributed by atoms with van der Waals surface area (Å²) in [6, 6.07) is 15.2. The number of halogens is 3. The lowest BCUT2D eigenvalue weighted by molar-refractivity contribution is -0.355. The quantitative estimate of drug-likeness (QED) is 0.904. The molecular weight excluding hydrogens is 323 g/mol. The van der Waals surface area contributed by atoms with Crippen molar-refractivity contribution in [2.75, 3.05) is 0 Å². The van der Waals surface area contributed by atoms with Gasteiger partial charge in [-0.3, -0.25) is 0 Å². The predicted octanol–water partition coefficient (Wildman–Crippen LogP) is 3.14. The normalized spacial score (nSPS) is 22.0. The van der Waals surface area contributed by atoms with Gasteiger partial charge in [0.1, 0.15) is 6.10 Å². The Labute approximate surface area is 135 Å². The van der Waals surface area contributed by atoms with Gasteiger partial charge in [0.25, 0.3) is 0 Å². The molecule has 1 heterocycles. The fourth-order valence-corrected chi connectivity index (χ4v) is 2.41. The highest BCUT2D eigenvalue weighted by Gasteiger charge is 2.60. The summed E-state index contributed by atoms with van der Waals surface area (Å²) in [5.74, 6) is -3.29. The van der Waals surface area contributed by atoms with Crippen LogP contribution in [-0.4, -0.2) is 27.9 Å². The molecule has 1 aliphatic heterocycles. The van der Waals surface area contributed by atoms with Crippen molar-refractivity contribution in [3.05, 3.63) is 71.3 Å². The zero-order chi connectivity index (χ0) is 17.4. The van der Waals surface area contributed by atoms with Crippen molar-refractivity contribution < 1.29 is 28.2 Å². The summed E-state index contributed by atoms with van der Waals surface area (Å²) in [7, 11) is 0. The van der Waals surface area contributed by atoms with E-state index in [0.717, 1.165) is 0 Å². The van der Waals surface area contributed by atoms with Gasteiger partial charge in [0.15, 0.2) is 0 Å². The van der Waals surface area contributed by atoms with E-state index in [9.17, 15) is 23.4 Å². The fraction of sp³-hybridized carbons (Fsp3) is 0.235. The molecule has 2 aromatic carbocycles. The third-order valence-electron chi connectivity index (χ3n) is 3.83. The number of benzene rings is 2. The lowest BCUT2D eigenvalue weighted by Gasteiger charge is -2.22. The third-order valence-corrected chi connectivity index (χ3v) is 3.83. The van der Waals surface area contributed by atoms with Crippen molar-refractivity contribution >= 4 is 5.71 Å². The Morgan fingerprint density at radius 3 is 2.12 bits per heavy atom. The van der Waals surface area contributed by atoms with Gasteiger partial charge >= 0.3 is 12.0 Å². The molecule has 2 aromatic rings. The first-order valence-corrected chi connectivity index (χ1v) is 7.18. The highest BCUT2D eigenvalue weighted by Crippen LogP contribution is 2.39. The molecule has 2 atom stereocenters. The van der Waals surface area contributed by atoms with E-state index in [4.69, 9.17) is 0 Å². The van der Waals surface area contributed by atoms with Gasteiger partial charge in [-0.25, -0.2) is 0 Å². The molecule has 0 fully saturated rings. The molecule has 126 valence electrons. The van der Waals surface area contributed by atoms with Gasteiger partial charge < -0.3 is 15.1 Å². The Balaban J connectivity index is 1.77. The van der Waals surface area contributed by atoms with Crippen LogP contribution in [-0.2, 0) is 4.84 Å². The molecular formula is C17H14F3NO3. The molecule has 0 aliphatic carbocycles. The average molecular weight is 337 g/mol. The van der Waals surface area contributed by atoms with E-state index in [-0.39, 0.29) is 5.71 Å². The molecule has 4 nitrogen and oxygen atoms in total. The van der Waals surface area contributed by atoms with Gasteiger partial charge in [-0.15, -0.1) is 0 Å². The van der Waals surface area contributed by atoms with Crippen molar-refractivity contribution in [3.63, 3.8) is 0 Å². The minimum atomic E-state index is -4.93. The zero-order valence-corrected chi connectivity index (χ0v) is 12.4. The van der Waals surface area contributed by atoms with Crippen molar-refractivity contribution in [1.29, 1.82) is 0 Å². The van der Waals surface area contributed by atoms with Crippen molar-refractivity contribution in [3.8, 4) is 0 Å². The molecule has 24 heavy (non-hydrogen) atoms.